The minimum absolute atomic E-state index is 0.0780. The first-order valence-corrected chi connectivity index (χ1v) is 8.95. The number of halogens is 1. The van der Waals surface area contributed by atoms with Crippen LogP contribution < -0.4 is 0 Å². The Labute approximate surface area is 146 Å². The number of imidazole rings is 1. The average Bonchev–Trinajstić information content (AvgIpc) is 3.06. The Balaban J connectivity index is 1.52. The zero-order valence-corrected chi connectivity index (χ0v) is 14.2. The van der Waals surface area contributed by atoms with Gasteiger partial charge in [-0.3, -0.25) is 9.69 Å². The minimum Gasteiger partial charge on any atom is -0.378 e. The lowest BCUT2D eigenvalue weighted by Crippen LogP contribution is -2.47. The highest BCUT2D eigenvalue weighted by Gasteiger charge is 2.29. The van der Waals surface area contributed by atoms with Gasteiger partial charge in [0.1, 0.15) is 11.6 Å². The lowest BCUT2D eigenvalue weighted by atomic mass is 10.0. The zero-order valence-electron chi connectivity index (χ0n) is 14.2. The number of benzene rings is 1. The number of hydrogen-bond acceptors (Lipinski definition) is 4. The molecule has 0 bridgehead atoms. The van der Waals surface area contributed by atoms with E-state index >= 15 is 0 Å². The number of morpholine rings is 1. The molecule has 2 aliphatic heterocycles. The van der Waals surface area contributed by atoms with Crippen molar-refractivity contribution >= 4 is 16.9 Å². The molecule has 1 N–H and O–H groups in total. The van der Waals surface area contributed by atoms with E-state index < -0.39 is 0 Å². The topological polar surface area (TPSA) is 61.5 Å². The number of rotatable bonds is 3. The maximum atomic E-state index is 13.4. The third kappa shape index (κ3) is 3.52. The van der Waals surface area contributed by atoms with E-state index in [1.54, 1.807) is 6.07 Å². The second-order valence-electron chi connectivity index (χ2n) is 6.76. The fourth-order valence-electron chi connectivity index (χ4n) is 3.74. The van der Waals surface area contributed by atoms with Crippen LogP contribution in [0.4, 0.5) is 4.39 Å². The molecule has 1 atom stereocenters. The molecule has 3 heterocycles. The molecule has 134 valence electrons. The van der Waals surface area contributed by atoms with Gasteiger partial charge in [-0.15, -0.1) is 0 Å². The number of carbonyl (C=O) groups excluding carboxylic acids is 1. The van der Waals surface area contributed by atoms with Crippen LogP contribution in [0.15, 0.2) is 18.2 Å². The van der Waals surface area contributed by atoms with Crippen LogP contribution in [0.2, 0.25) is 0 Å². The van der Waals surface area contributed by atoms with Crippen molar-refractivity contribution in [1.82, 2.24) is 19.8 Å². The van der Waals surface area contributed by atoms with Gasteiger partial charge in [0.05, 0.1) is 36.8 Å². The molecule has 25 heavy (non-hydrogen) atoms. The van der Waals surface area contributed by atoms with E-state index in [0.717, 1.165) is 37.1 Å². The van der Waals surface area contributed by atoms with Crippen LogP contribution in [-0.4, -0.2) is 65.1 Å². The predicted octanol–water partition coefficient (Wildman–Crippen LogP) is 2.09. The standard InChI is InChI=1S/C18H23FN4O2/c19-13-4-5-14-15(11-13)21-18(20-14)16-3-1-2-6-23(16)12-17(24)22-7-9-25-10-8-22/h4-5,11,16H,1-3,6-10,12H2,(H,20,21). The monoisotopic (exact) mass is 346 g/mol. The predicted molar refractivity (Wildman–Crippen MR) is 91.6 cm³/mol. The van der Waals surface area contributed by atoms with Gasteiger partial charge >= 0.3 is 0 Å². The number of nitrogens with zero attached hydrogens (tertiary/aromatic N) is 3. The largest absolute Gasteiger partial charge is 0.378 e. The Morgan fingerprint density at radius 2 is 2.12 bits per heavy atom. The molecule has 0 saturated carbocycles. The summed E-state index contributed by atoms with van der Waals surface area (Å²) in [5, 5.41) is 0. The number of hydrogen-bond donors (Lipinski definition) is 1. The molecule has 0 aliphatic carbocycles. The second-order valence-corrected chi connectivity index (χ2v) is 6.76. The van der Waals surface area contributed by atoms with Crippen molar-refractivity contribution in [3.63, 3.8) is 0 Å². The summed E-state index contributed by atoms with van der Waals surface area (Å²) in [6.45, 7) is 3.85. The number of aromatic nitrogens is 2. The lowest BCUT2D eigenvalue weighted by molar-refractivity contribution is -0.137. The third-order valence-electron chi connectivity index (χ3n) is 5.09. The molecule has 1 unspecified atom stereocenters. The summed E-state index contributed by atoms with van der Waals surface area (Å²) in [7, 11) is 0. The van der Waals surface area contributed by atoms with Gasteiger partial charge in [-0.05, 0) is 37.6 Å². The van der Waals surface area contributed by atoms with Crippen LogP contribution in [0, 0.1) is 5.82 Å². The van der Waals surface area contributed by atoms with Crippen LogP contribution in [-0.2, 0) is 9.53 Å². The normalized spacial score (nSPS) is 22.4. The number of likely N-dealkylation sites (tertiary alicyclic amines) is 1. The van der Waals surface area contributed by atoms with Crippen LogP contribution in [0.1, 0.15) is 31.1 Å². The fraction of sp³-hybridized carbons (Fsp3) is 0.556. The molecule has 0 spiro atoms. The molecule has 4 rings (SSSR count). The van der Waals surface area contributed by atoms with E-state index in [1.807, 2.05) is 4.90 Å². The highest BCUT2D eigenvalue weighted by Crippen LogP contribution is 2.30. The van der Waals surface area contributed by atoms with E-state index in [1.165, 1.54) is 12.1 Å². The van der Waals surface area contributed by atoms with Crippen molar-refractivity contribution in [3.05, 3.63) is 29.8 Å². The molecule has 7 heteroatoms. The van der Waals surface area contributed by atoms with Crippen LogP contribution in [0.25, 0.3) is 11.0 Å². The summed E-state index contributed by atoms with van der Waals surface area (Å²) in [5.41, 5.74) is 1.47. The van der Waals surface area contributed by atoms with Crippen molar-refractivity contribution in [2.75, 3.05) is 39.4 Å². The van der Waals surface area contributed by atoms with Gasteiger partial charge < -0.3 is 14.6 Å². The molecular weight excluding hydrogens is 323 g/mol. The van der Waals surface area contributed by atoms with E-state index in [2.05, 4.69) is 14.9 Å². The van der Waals surface area contributed by atoms with E-state index in [9.17, 15) is 9.18 Å². The Hall–Kier alpha value is -1.99. The van der Waals surface area contributed by atoms with Gasteiger partial charge in [0.15, 0.2) is 0 Å². The first kappa shape index (κ1) is 16.5. The van der Waals surface area contributed by atoms with Gasteiger partial charge in [0.2, 0.25) is 5.91 Å². The Bertz CT molecular complexity index is 757. The van der Waals surface area contributed by atoms with Crippen molar-refractivity contribution in [1.29, 1.82) is 0 Å². The highest BCUT2D eigenvalue weighted by molar-refractivity contribution is 5.78. The maximum absolute atomic E-state index is 13.4. The van der Waals surface area contributed by atoms with E-state index in [0.29, 0.717) is 38.4 Å². The molecule has 1 amide bonds. The number of carbonyl (C=O) groups is 1. The Kier molecular flexibility index (Phi) is 4.67. The molecule has 6 nitrogen and oxygen atoms in total. The third-order valence-corrected chi connectivity index (χ3v) is 5.09. The molecule has 2 fully saturated rings. The van der Waals surface area contributed by atoms with Gasteiger partial charge in [-0.1, -0.05) is 6.42 Å². The molecule has 0 radical (unpaired) electrons. The zero-order chi connectivity index (χ0) is 17.2. The first-order valence-electron chi connectivity index (χ1n) is 8.95. The molecular formula is C18H23FN4O2. The Morgan fingerprint density at radius 1 is 1.28 bits per heavy atom. The van der Waals surface area contributed by atoms with Crippen molar-refractivity contribution in [2.45, 2.75) is 25.3 Å². The number of H-pyrrole nitrogens is 1. The Morgan fingerprint density at radius 3 is 2.96 bits per heavy atom. The van der Waals surface area contributed by atoms with E-state index in [4.69, 9.17) is 4.74 Å². The summed E-state index contributed by atoms with van der Waals surface area (Å²) in [6, 6.07) is 4.66. The van der Waals surface area contributed by atoms with Crippen molar-refractivity contribution < 1.29 is 13.9 Å². The molecule has 1 aromatic heterocycles. The fourth-order valence-corrected chi connectivity index (χ4v) is 3.74. The maximum Gasteiger partial charge on any atom is 0.236 e. The average molecular weight is 346 g/mol. The van der Waals surface area contributed by atoms with Crippen LogP contribution >= 0.6 is 0 Å². The molecule has 2 aromatic rings. The van der Waals surface area contributed by atoms with Crippen molar-refractivity contribution in [2.24, 2.45) is 0 Å². The summed E-state index contributed by atoms with van der Waals surface area (Å²) >= 11 is 0. The summed E-state index contributed by atoms with van der Waals surface area (Å²) in [4.78, 5) is 24.6. The van der Waals surface area contributed by atoms with Gasteiger partial charge in [-0.25, -0.2) is 9.37 Å². The SMILES string of the molecule is O=C(CN1CCCCC1c1nc2ccc(F)cc2[nH]1)N1CCOCC1. The summed E-state index contributed by atoms with van der Waals surface area (Å²) < 4.78 is 18.7. The number of aromatic amines is 1. The quantitative estimate of drug-likeness (QED) is 0.924. The second kappa shape index (κ2) is 7.09. The minimum atomic E-state index is -0.273. The number of fused-ring (bicyclic) bond motifs is 1. The summed E-state index contributed by atoms with van der Waals surface area (Å²) in [6.07, 6.45) is 3.15. The van der Waals surface area contributed by atoms with Crippen LogP contribution in [0.3, 0.4) is 0 Å². The molecule has 2 aliphatic rings. The number of piperidine rings is 1. The summed E-state index contributed by atoms with van der Waals surface area (Å²) in [5.74, 6) is 0.707. The number of amides is 1. The number of ether oxygens (including phenoxy) is 1. The molecule has 1 aromatic carbocycles. The first-order chi connectivity index (χ1) is 12.2. The van der Waals surface area contributed by atoms with Gasteiger partial charge in [-0.2, -0.15) is 0 Å². The van der Waals surface area contributed by atoms with Crippen LogP contribution in [0.5, 0.6) is 0 Å². The molecule has 2 saturated heterocycles. The smallest absolute Gasteiger partial charge is 0.236 e. The lowest BCUT2D eigenvalue weighted by Gasteiger charge is -2.36. The van der Waals surface area contributed by atoms with Gasteiger partial charge in [0.25, 0.3) is 0 Å². The highest BCUT2D eigenvalue weighted by atomic mass is 19.1. The number of nitrogens with one attached hydrogen (secondary N) is 1. The van der Waals surface area contributed by atoms with Gasteiger partial charge in [0, 0.05) is 13.1 Å². The van der Waals surface area contributed by atoms with Crippen molar-refractivity contribution in [3.8, 4) is 0 Å². The van der Waals surface area contributed by atoms with E-state index in [-0.39, 0.29) is 17.8 Å².